The van der Waals surface area contributed by atoms with E-state index in [1.807, 2.05) is 0 Å². The highest BCUT2D eigenvalue weighted by atomic mass is 19.4. The van der Waals surface area contributed by atoms with Crippen molar-refractivity contribution in [3.8, 4) is 0 Å². The van der Waals surface area contributed by atoms with Gasteiger partial charge in [-0.3, -0.25) is 4.79 Å². The number of rotatable bonds is 0. The molecule has 3 fully saturated rings. The summed E-state index contributed by atoms with van der Waals surface area (Å²) in [7, 11) is 0. The van der Waals surface area contributed by atoms with E-state index in [4.69, 9.17) is 0 Å². The number of halogens is 6. The zero-order chi connectivity index (χ0) is 19.4. The van der Waals surface area contributed by atoms with Crippen LogP contribution in [-0.4, -0.2) is 18.1 Å². The number of carbonyl (C=O) groups is 1. The van der Waals surface area contributed by atoms with Gasteiger partial charge < -0.3 is 0 Å². The first-order valence-electron chi connectivity index (χ1n) is 9.58. The van der Waals surface area contributed by atoms with Crippen LogP contribution in [0.15, 0.2) is 24.3 Å². The largest absolute Gasteiger partial charge is 0.393 e. The molecule has 8 atom stereocenters. The van der Waals surface area contributed by atoms with Gasteiger partial charge in [0.1, 0.15) is 5.78 Å². The van der Waals surface area contributed by atoms with Crippen molar-refractivity contribution in [3.63, 3.8) is 0 Å². The molecule has 0 unspecified atom stereocenters. The predicted molar refractivity (Wildman–Crippen MR) is 84.3 cm³/mol. The fraction of sp³-hybridized carbons (Fsp3) is 0.750. The number of carbonyl (C=O) groups excluding carboxylic acids is 1. The Hall–Kier alpha value is -1.27. The van der Waals surface area contributed by atoms with Crippen LogP contribution in [0.25, 0.3) is 0 Å². The van der Waals surface area contributed by atoms with Gasteiger partial charge >= 0.3 is 12.4 Å². The van der Waals surface area contributed by atoms with Crippen LogP contribution >= 0.6 is 0 Å². The Morgan fingerprint density at radius 3 is 1.52 bits per heavy atom. The Kier molecular flexibility index (Phi) is 3.30. The fourth-order valence-electron chi connectivity index (χ4n) is 7.64. The molecule has 0 amide bonds. The molecular formula is C20H20F6O. The van der Waals surface area contributed by atoms with Gasteiger partial charge in [-0.25, -0.2) is 0 Å². The Morgan fingerprint density at radius 2 is 1.15 bits per heavy atom. The molecule has 0 radical (unpaired) electrons. The average Bonchev–Trinajstić information content (AvgIpc) is 3.29. The van der Waals surface area contributed by atoms with Crippen molar-refractivity contribution in [2.75, 3.05) is 0 Å². The number of allylic oxidation sites excluding steroid dienone is 4. The summed E-state index contributed by atoms with van der Waals surface area (Å²) in [6, 6.07) is 0. The quantitative estimate of drug-likeness (QED) is 0.395. The number of fused-ring (bicyclic) bond motifs is 6. The SMILES string of the molecule is O=C1[C@@]2(CCC[C@@]13[C@@H]1C=C[C@@H](C1)[C@H]3C(F)(F)F)[C@@H]1C=C[C@@H](C1)[C@@H]2C(F)(F)F. The monoisotopic (exact) mass is 390 g/mol. The molecule has 0 aromatic rings. The second-order valence-electron chi connectivity index (χ2n) is 9.08. The van der Waals surface area contributed by atoms with Gasteiger partial charge in [-0.05, 0) is 49.4 Å². The van der Waals surface area contributed by atoms with E-state index in [1.165, 1.54) is 12.2 Å². The molecule has 148 valence electrons. The van der Waals surface area contributed by atoms with Gasteiger partial charge in [0, 0.05) is 10.8 Å². The highest BCUT2D eigenvalue weighted by Crippen LogP contribution is 2.73. The summed E-state index contributed by atoms with van der Waals surface area (Å²) < 4.78 is 84.0. The molecule has 0 saturated heterocycles. The molecule has 3 saturated carbocycles. The van der Waals surface area contributed by atoms with Gasteiger partial charge in [-0.15, -0.1) is 0 Å². The number of ketones is 1. The van der Waals surface area contributed by atoms with Gasteiger partial charge in [0.2, 0.25) is 0 Å². The second kappa shape index (κ2) is 5.01. The van der Waals surface area contributed by atoms with E-state index < -0.39 is 64.5 Å². The molecule has 2 spiro atoms. The van der Waals surface area contributed by atoms with Gasteiger partial charge in [-0.2, -0.15) is 26.3 Å². The lowest BCUT2D eigenvalue weighted by Crippen LogP contribution is -2.61. The summed E-state index contributed by atoms with van der Waals surface area (Å²) >= 11 is 0. The lowest BCUT2D eigenvalue weighted by atomic mass is 9.48. The van der Waals surface area contributed by atoms with Crippen LogP contribution in [0.3, 0.4) is 0 Å². The van der Waals surface area contributed by atoms with Crippen LogP contribution in [0.2, 0.25) is 0 Å². The fourth-order valence-corrected chi connectivity index (χ4v) is 7.64. The molecule has 0 aliphatic heterocycles. The number of hydrogen-bond donors (Lipinski definition) is 0. The molecule has 0 N–H and O–H groups in total. The topological polar surface area (TPSA) is 17.1 Å². The molecule has 5 rings (SSSR count). The molecule has 0 aromatic heterocycles. The lowest BCUT2D eigenvalue weighted by molar-refractivity contribution is -0.237. The molecule has 5 aliphatic carbocycles. The Morgan fingerprint density at radius 1 is 0.741 bits per heavy atom. The van der Waals surface area contributed by atoms with E-state index in [2.05, 4.69) is 0 Å². The first-order chi connectivity index (χ1) is 12.5. The summed E-state index contributed by atoms with van der Waals surface area (Å²) in [5, 5.41) is 0. The van der Waals surface area contributed by atoms with Crippen molar-refractivity contribution >= 4 is 5.78 Å². The summed E-state index contributed by atoms with van der Waals surface area (Å²) in [4.78, 5) is 13.8. The minimum Gasteiger partial charge on any atom is -0.298 e. The molecule has 4 bridgehead atoms. The molecule has 7 heteroatoms. The highest BCUT2D eigenvalue weighted by Gasteiger charge is 2.77. The van der Waals surface area contributed by atoms with Crippen molar-refractivity contribution in [3.05, 3.63) is 24.3 Å². The van der Waals surface area contributed by atoms with Gasteiger partial charge in [0.05, 0.1) is 11.8 Å². The molecule has 0 heterocycles. The van der Waals surface area contributed by atoms with Crippen molar-refractivity contribution in [1.82, 2.24) is 0 Å². The minimum atomic E-state index is -4.58. The Labute approximate surface area is 152 Å². The van der Waals surface area contributed by atoms with E-state index in [0.29, 0.717) is 0 Å². The van der Waals surface area contributed by atoms with Crippen LogP contribution < -0.4 is 0 Å². The lowest BCUT2D eigenvalue weighted by Gasteiger charge is -2.54. The Balaban J connectivity index is 1.67. The maximum absolute atomic E-state index is 14.0. The summed E-state index contributed by atoms with van der Waals surface area (Å²) in [6.45, 7) is 0. The summed E-state index contributed by atoms with van der Waals surface area (Å²) in [6.07, 6.45) is -2.00. The Bertz CT molecular complexity index is 689. The van der Waals surface area contributed by atoms with Gasteiger partial charge in [0.15, 0.2) is 0 Å². The summed E-state index contributed by atoms with van der Waals surface area (Å²) in [5.74, 6) is -7.17. The zero-order valence-electron chi connectivity index (χ0n) is 14.5. The van der Waals surface area contributed by atoms with E-state index in [1.54, 1.807) is 12.2 Å². The summed E-state index contributed by atoms with van der Waals surface area (Å²) in [5.41, 5.74) is -3.42. The first-order valence-corrected chi connectivity index (χ1v) is 9.58. The zero-order valence-corrected chi connectivity index (χ0v) is 14.5. The third-order valence-electron chi connectivity index (χ3n) is 8.25. The number of hydrogen-bond acceptors (Lipinski definition) is 1. The third kappa shape index (κ3) is 1.96. The van der Waals surface area contributed by atoms with Crippen molar-refractivity contribution in [2.45, 2.75) is 44.5 Å². The molecule has 0 aromatic carbocycles. The normalized spacial score (nSPS) is 50.7. The molecular weight excluding hydrogens is 370 g/mol. The maximum atomic E-state index is 14.0. The standard InChI is InChI=1S/C20H20F6O/c21-19(22,23)14-10-2-4-12(8-10)17(14)6-1-7-18(16(17)27)13-5-3-11(9-13)15(18)20(24,25)26/h2-5,10-15H,1,6-9H2/t10-,11-,12+,13+,14-,15+,17-,18-/m0/s1. The minimum absolute atomic E-state index is 0.0505. The van der Waals surface area contributed by atoms with E-state index in [0.717, 1.165) is 0 Å². The second-order valence-corrected chi connectivity index (χ2v) is 9.08. The highest BCUT2D eigenvalue weighted by molar-refractivity contribution is 5.94. The first kappa shape index (κ1) is 17.8. The van der Waals surface area contributed by atoms with E-state index in [-0.39, 0.29) is 32.1 Å². The van der Waals surface area contributed by atoms with Crippen molar-refractivity contribution < 1.29 is 31.1 Å². The van der Waals surface area contributed by atoms with Crippen LogP contribution in [0.1, 0.15) is 32.1 Å². The maximum Gasteiger partial charge on any atom is 0.393 e. The van der Waals surface area contributed by atoms with Gasteiger partial charge in [-0.1, -0.05) is 30.7 Å². The number of Topliss-reactive ketones (excluding diaryl/α,β-unsaturated/α-hetero) is 1. The van der Waals surface area contributed by atoms with Crippen molar-refractivity contribution in [2.24, 2.45) is 46.3 Å². The van der Waals surface area contributed by atoms with Crippen LogP contribution in [0.4, 0.5) is 26.3 Å². The molecule has 5 aliphatic rings. The van der Waals surface area contributed by atoms with Crippen molar-refractivity contribution in [1.29, 1.82) is 0 Å². The molecule has 1 nitrogen and oxygen atoms in total. The average molecular weight is 390 g/mol. The van der Waals surface area contributed by atoms with Crippen LogP contribution in [0.5, 0.6) is 0 Å². The third-order valence-corrected chi connectivity index (χ3v) is 8.25. The van der Waals surface area contributed by atoms with Gasteiger partial charge in [0.25, 0.3) is 0 Å². The number of alkyl halides is 6. The van der Waals surface area contributed by atoms with Crippen LogP contribution in [-0.2, 0) is 4.79 Å². The smallest absolute Gasteiger partial charge is 0.298 e. The van der Waals surface area contributed by atoms with E-state index >= 15 is 0 Å². The molecule has 27 heavy (non-hydrogen) atoms. The van der Waals surface area contributed by atoms with Crippen LogP contribution in [0, 0.1) is 46.3 Å². The predicted octanol–water partition coefficient (Wildman–Crippen LogP) is 5.48. The van der Waals surface area contributed by atoms with E-state index in [9.17, 15) is 31.1 Å².